The molecule has 1 amide bonds. The SMILES string of the molecule is CC(C)(C)OC(=O)N[C@H](CCCn1ccnc1[N+](=O)[O-])C(=O)O. The van der Waals surface area contributed by atoms with Gasteiger partial charge in [-0.2, -0.15) is 0 Å². The maximum Gasteiger partial charge on any atom is 0.434 e. The van der Waals surface area contributed by atoms with E-state index in [1.165, 1.54) is 17.0 Å². The minimum atomic E-state index is -1.20. The fourth-order valence-electron chi connectivity index (χ4n) is 1.82. The van der Waals surface area contributed by atoms with E-state index in [-0.39, 0.29) is 18.9 Å². The highest BCUT2D eigenvalue weighted by molar-refractivity contribution is 5.79. The predicted molar refractivity (Wildman–Crippen MR) is 78.9 cm³/mol. The van der Waals surface area contributed by atoms with Crippen LogP contribution in [0, 0.1) is 10.1 Å². The number of carbonyl (C=O) groups is 2. The number of alkyl carbamates (subject to hydrolysis) is 1. The molecule has 1 atom stereocenters. The summed E-state index contributed by atoms with van der Waals surface area (Å²) in [4.78, 5) is 36.5. The number of aryl methyl sites for hydroxylation is 1. The number of carboxylic acids is 1. The van der Waals surface area contributed by atoms with E-state index in [1.54, 1.807) is 20.8 Å². The zero-order valence-electron chi connectivity index (χ0n) is 13.2. The Kier molecular flexibility index (Phi) is 6.05. The van der Waals surface area contributed by atoms with Gasteiger partial charge >= 0.3 is 18.0 Å². The molecule has 0 unspecified atom stereocenters. The van der Waals surface area contributed by atoms with Gasteiger partial charge in [0.15, 0.2) is 0 Å². The van der Waals surface area contributed by atoms with Crippen LogP contribution in [0.15, 0.2) is 12.4 Å². The summed E-state index contributed by atoms with van der Waals surface area (Å²) < 4.78 is 6.32. The molecular weight excluding hydrogens is 308 g/mol. The number of carbonyl (C=O) groups excluding carboxylic acids is 1. The molecular formula is C13H20N4O6. The molecule has 1 aromatic rings. The van der Waals surface area contributed by atoms with E-state index in [0.29, 0.717) is 6.42 Å². The van der Waals surface area contributed by atoms with Crippen LogP contribution in [0.2, 0.25) is 0 Å². The largest absolute Gasteiger partial charge is 0.480 e. The minimum Gasteiger partial charge on any atom is -0.480 e. The van der Waals surface area contributed by atoms with Crippen LogP contribution in [0.4, 0.5) is 10.7 Å². The first-order valence-electron chi connectivity index (χ1n) is 6.98. The maximum atomic E-state index is 11.6. The van der Waals surface area contributed by atoms with Crippen LogP contribution < -0.4 is 5.32 Å². The van der Waals surface area contributed by atoms with Gasteiger partial charge in [-0.3, -0.25) is 0 Å². The fraction of sp³-hybridized carbons (Fsp3) is 0.615. The van der Waals surface area contributed by atoms with Crippen molar-refractivity contribution in [2.45, 2.75) is 51.8 Å². The van der Waals surface area contributed by atoms with Crippen LogP contribution in [-0.2, 0) is 16.1 Å². The van der Waals surface area contributed by atoms with Crippen LogP contribution >= 0.6 is 0 Å². The lowest BCUT2D eigenvalue weighted by Crippen LogP contribution is -2.43. The van der Waals surface area contributed by atoms with Crippen molar-refractivity contribution in [1.82, 2.24) is 14.9 Å². The van der Waals surface area contributed by atoms with Gasteiger partial charge in [-0.25, -0.2) is 14.2 Å². The number of rotatable bonds is 7. The van der Waals surface area contributed by atoms with Gasteiger partial charge in [0.2, 0.25) is 0 Å². The first kappa shape index (κ1) is 18.4. The first-order chi connectivity index (χ1) is 10.6. The molecule has 0 spiro atoms. The number of amides is 1. The van der Waals surface area contributed by atoms with Gasteiger partial charge in [0.25, 0.3) is 0 Å². The standard InChI is InChI=1S/C13H20N4O6/c1-13(2,3)23-12(20)15-9(10(18)19)5-4-7-16-8-6-14-11(16)17(21)22/h6,8-9H,4-5,7H2,1-3H3,(H,15,20)(H,18,19)/t9-/m1/s1. The summed E-state index contributed by atoms with van der Waals surface area (Å²) >= 11 is 0. The zero-order valence-corrected chi connectivity index (χ0v) is 13.2. The van der Waals surface area contributed by atoms with Crippen molar-refractivity contribution in [1.29, 1.82) is 0 Å². The summed E-state index contributed by atoms with van der Waals surface area (Å²) in [6.45, 7) is 5.22. The molecule has 0 bridgehead atoms. The van der Waals surface area contributed by atoms with Crippen molar-refractivity contribution in [2.24, 2.45) is 0 Å². The lowest BCUT2D eigenvalue weighted by molar-refractivity contribution is -0.396. The molecule has 0 saturated carbocycles. The number of hydrogen-bond acceptors (Lipinski definition) is 6. The molecule has 1 rings (SSSR count). The number of ether oxygens (including phenoxy) is 1. The second-order valence-electron chi connectivity index (χ2n) is 5.86. The smallest absolute Gasteiger partial charge is 0.434 e. The summed E-state index contributed by atoms with van der Waals surface area (Å²) in [6.07, 6.45) is 2.33. The third-order valence-corrected chi connectivity index (χ3v) is 2.74. The van der Waals surface area contributed by atoms with Gasteiger partial charge in [0, 0.05) is 0 Å². The van der Waals surface area contributed by atoms with Gasteiger partial charge in [-0.1, -0.05) is 4.98 Å². The highest BCUT2D eigenvalue weighted by Gasteiger charge is 2.24. The summed E-state index contributed by atoms with van der Waals surface area (Å²) in [5, 5.41) is 22.1. The summed E-state index contributed by atoms with van der Waals surface area (Å²) in [7, 11) is 0. The Morgan fingerprint density at radius 2 is 2.17 bits per heavy atom. The van der Waals surface area contributed by atoms with Crippen LogP contribution in [0.3, 0.4) is 0 Å². The molecule has 0 aromatic carbocycles. The fourth-order valence-corrected chi connectivity index (χ4v) is 1.82. The number of imidazole rings is 1. The molecule has 0 radical (unpaired) electrons. The molecule has 10 heteroatoms. The van der Waals surface area contributed by atoms with E-state index >= 15 is 0 Å². The lowest BCUT2D eigenvalue weighted by atomic mass is 10.1. The number of aromatic nitrogens is 2. The second-order valence-corrected chi connectivity index (χ2v) is 5.86. The molecule has 0 aliphatic heterocycles. The number of nitro groups is 1. The Morgan fingerprint density at radius 3 is 2.70 bits per heavy atom. The first-order valence-corrected chi connectivity index (χ1v) is 6.98. The van der Waals surface area contributed by atoms with E-state index < -0.39 is 28.6 Å². The molecule has 128 valence electrons. The van der Waals surface area contributed by atoms with Crippen LogP contribution in [0.1, 0.15) is 33.6 Å². The Bertz CT molecular complexity index is 577. The summed E-state index contributed by atoms with van der Waals surface area (Å²) in [6, 6.07) is -1.13. The zero-order chi connectivity index (χ0) is 17.6. The highest BCUT2D eigenvalue weighted by atomic mass is 16.6. The molecule has 0 aliphatic carbocycles. The van der Waals surface area contributed by atoms with Crippen molar-refractivity contribution in [3.8, 4) is 0 Å². The van der Waals surface area contributed by atoms with Crippen molar-refractivity contribution in [3.63, 3.8) is 0 Å². The molecule has 1 aromatic heterocycles. The van der Waals surface area contributed by atoms with E-state index in [4.69, 9.17) is 9.84 Å². The van der Waals surface area contributed by atoms with Crippen LogP contribution in [0.25, 0.3) is 0 Å². The minimum absolute atomic E-state index is 0.101. The number of hydrogen-bond donors (Lipinski definition) is 2. The number of aliphatic carboxylic acids is 1. The topological polar surface area (TPSA) is 137 Å². The van der Waals surface area contributed by atoms with Crippen molar-refractivity contribution in [3.05, 3.63) is 22.5 Å². The van der Waals surface area contributed by atoms with E-state index in [0.717, 1.165) is 0 Å². The predicted octanol–water partition coefficient (Wildman–Crippen LogP) is 1.55. The number of carboxylic acid groups (broad SMARTS) is 1. The van der Waals surface area contributed by atoms with Crippen LogP contribution in [-0.4, -0.2) is 43.3 Å². The third-order valence-electron chi connectivity index (χ3n) is 2.74. The van der Waals surface area contributed by atoms with Crippen molar-refractivity contribution in [2.75, 3.05) is 0 Å². The number of nitrogens with one attached hydrogen (secondary N) is 1. The Balaban J connectivity index is 2.54. The molecule has 23 heavy (non-hydrogen) atoms. The van der Waals surface area contributed by atoms with E-state index in [9.17, 15) is 19.7 Å². The quantitative estimate of drug-likeness (QED) is 0.572. The van der Waals surface area contributed by atoms with Gasteiger partial charge in [-0.15, -0.1) is 0 Å². The van der Waals surface area contributed by atoms with Crippen molar-refractivity contribution < 1.29 is 24.4 Å². The summed E-state index contributed by atoms with van der Waals surface area (Å²) in [5.41, 5.74) is -0.732. The molecule has 0 saturated heterocycles. The van der Waals surface area contributed by atoms with Crippen molar-refractivity contribution >= 4 is 18.0 Å². The molecule has 10 nitrogen and oxygen atoms in total. The lowest BCUT2D eigenvalue weighted by Gasteiger charge is -2.21. The Labute approximate surface area is 132 Å². The normalized spacial score (nSPS) is 12.5. The van der Waals surface area contributed by atoms with Gasteiger partial charge < -0.3 is 25.3 Å². The van der Waals surface area contributed by atoms with Crippen LogP contribution in [0.5, 0.6) is 0 Å². The summed E-state index contributed by atoms with van der Waals surface area (Å²) in [5.74, 6) is -1.51. The van der Waals surface area contributed by atoms with Gasteiger partial charge in [0.1, 0.15) is 24.0 Å². The Morgan fingerprint density at radius 1 is 1.52 bits per heavy atom. The maximum absolute atomic E-state index is 11.6. The monoisotopic (exact) mass is 328 g/mol. The molecule has 2 N–H and O–H groups in total. The average molecular weight is 328 g/mol. The number of nitrogens with zero attached hydrogens (tertiary/aromatic N) is 3. The highest BCUT2D eigenvalue weighted by Crippen LogP contribution is 2.11. The van der Waals surface area contributed by atoms with E-state index in [1.807, 2.05) is 0 Å². The van der Waals surface area contributed by atoms with E-state index in [2.05, 4.69) is 10.3 Å². The van der Waals surface area contributed by atoms with Gasteiger partial charge in [0.05, 0.1) is 6.54 Å². The van der Waals surface area contributed by atoms with Gasteiger partial charge in [-0.05, 0) is 38.5 Å². The molecule has 0 aliphatic rings. The molecule has 1 heterocycles. The third kappa shape index (κ3) is 6.32. The molecule has 0 fully saturated rings. The average Bonchev–Trinajstić information content (AvgIpc) is 2.83. The second kappa shape index (κ2) is 7.56. The Hall–Kier alpha value is -2.65.